The maximum atomic E-state index is 13.1. The number of fused-ring (bicyclic) bond motifs is 1. The van der Waals surface area contributed by atoms with Crippen LogP contribution in [0.4, 0.5) is 4.39 Å². The van der Waals surface area contributed by atoms with Crippen molar-refractivity contribution >= 4 is 38.7 Å². The van der Waals surface area contributed by atoms with Gasteiger partial charge in [0.05, 0.1) is 11.4 Å². The molecule has 0 aliphatic carbocycles. The van der Waals surface area contributed by atoms with E-state index in [4.69, 9.17) is 0 Å². The monoisotopic (exact) mass is 291 g/mol. The van der Waals surface area contributed by atoms with Crippen molar-refractivity contribution in [1.82, 2.24) is 5.32 Å². The third kappa shape index (κ3) is 2.67. The van der Waals surface area contributed by atoms with Crippen molar-refractivity contribution in [2.24, 2.45) is 0 Å². The van der Waals surface area contributed by atoms with Crippen LogP contribution in [0, 0.1) is 5.82 Å². The molecule has 5 heteroatoms. The van der Waals surface area contributed by atoms with Gasteiger partial charge in [-0.2, -0.15) is 0 Å². The molecule has 96 valence electrons. The number of hydrogen-bond donors (Lipinski definition) is 1. The lowest BCUT2D eigenvalue weighted by atomic mass is 10.2. The van der Waals surface area contributed by atoms with Crippen LogP contribution in [0.3, 0.4) is 0 Å². The number of amides is 1. The Hall–Kier alpha value is -1.72. The highest BCUT2D eigenvalue weighted by atomic mass is 32.1. The van der Waals surface area contributed by atoms with Crippen LogP contribution in [-0.2, 0) is 6.54 Å². The van der Waals surface area contributed by atoms with Gasteiger partial charge in [0.1, 0.15) is 5.82 Å². The van der Waals surface area contributed by atoms with Crippen molar-refractivity contribution in [1.29, 1.82) is 0 Å². The molecule has 0 spiro atoms. The lowest BCUT2D eigenvalue weighted by Gasteiger charge is -2.00. The van der Waals surface area contributed by atoms with E-state index in [-0.39, 0.29) is 11.7 Å². The third-order valence-electron chi connectivity index (χ3n) is 2.71. The van der Waals surface area contributed by atoms with Gasteiger partial charge in [0, 0.05) is 9.58 Å². The molecule has 0 radical (unpaired) electrons. The number of nitrogens with one attached hydrogen (secondary N) is 1. The predicted octanol–water partition coefficient (Wildman–Crippen LogP) is 4.03. The highest BCUT2D eigenvalue weighted by Gasteiger charge is 2.10. The lowest BCUT2D eigenvalue weighted by molar-refractivity contribution is 0.0955. The summed E-state index contributed by atoms with van der Waals surface area (Å²) in [6.45, 7) is 0.527. The highest BCUT2D eigenvalue weighted by Crippen LogP contribution is 2.26. The first-order valence-electron chi connectivity index (χ1n) is 5.72. The van der Waals surface area contributed by atoms with E-state index in [1.807, 2.05) is 17.5 Å². The quantitative estimate of drug-likeness (QED) is 0.775. The zero-order valence-corrected chi connectivity index (χ0v) is 11.5. The molecule has 3 aromatic rings. The van der Waals surface area contributed by atoms with E-state index in [0.29, 0.717) is 11.4 Å². The summed E-state index contributed by atoms with van der Waals surface area (Å²) in [5, 5.41) is 5.61. The molecule has 0 saturated carbocycles. The minimum Gasteiger partial charge on any atom is -0.346 e. The summed E-state index contributed by atoms with van der Waals surface area (Å²) in [5.74, 6) is -0.397. The van der Waals surface area contributed by atoms with E-state index in [9.17, 15) is 9.18 Å². The molecule has 19 heavy (non-hydrogen) atoms. The fourth-order valence-corrected chi connectivity index (χ4v) is 3.40. The van der Waals surface area contributed by atoms with Crippen molar-refractivity contribution in [3.63, 3.8) is 0 Å². The SMILES string of the molecule is O=C(NCc1cccs1)c1cc2cc(F)ccc2s1. The minimum absolute atomic E-state index is 0.116. The van der Waals surface area contributed by atoms with Gasteiger partial charge in [-0.1, -0.05) is 6.07 Å². The summed E-state index contributed by atoms with van der Waals surface area (Å²) in [5.41, 5.74) is 0. The van der Waals surface area contributed by atoms with Crippen molar-refractivity contribution in [3.05, 3.63) is 57.3 Å². The van der Waals surface area contributed by atoms with Gasteiger partial charge in [0.2, 0.25) is 0 Å². The van der Waals surface area contributed by atoms with Crippen LogP contribution < -0.4 is 5.32 Å². The zero-order valence-electron chi connectivity index (χ0n) is 9.85. The average Bonchev–Trinajstić information content (AvgIpc) is 3.04. The summed E-state index contributed by atoms with van der Waals surface area (Å²) in [6.07, 6.45) is 0. The molecule has 0 aliphatic rings. The van der Waals surface area contributed by atoms with Crippen LogP contribution in [0.2, 0.25) is 0 Å². The second-order valence-electron chi connectivity index (χ2n) is 4.05. The second kappa shape index (κ2) is 5.11. The average molecular weight is 291 g/mol. The Bertz CT molecular complexity index is 718. The molecule has 1 N–H and O–H groups in total. The molecule has 1 amide bonds. The van der Waals surface area contributed by atoms with Crippen LogP contribution in [-0.4, -0.2) is 5.91 Å². The molecule has 2 aromatic heterocycles. The smallest absolute Gasteiger partial charge is 0.261 e. The van der Waals surface area contributed by atoms with Gasteiger partial charge in [0.25, 0.3) is 5.91 Å². The fourth-order valence-electron chi connectivity index (χ4n) is 1.79. The highest BCUT2D eigenvalue weighted by molar-refractivity contribution is 7.20. The topological polar surface area (TPSA) is 29.1 Å². The summed E-state index contributed by atoms with van der Waals surface area (Å²) < 4.78 is 14.0. The van der Waals surface area contributed by atoms with Crippen molar-refractivity contribution in [2.45, 2.75) is 6.54 Å². The Kier molecular flexibility index (Phi) is 3.31. The molecule has 1 aromatic carbocycles. The molecule has 2 nitrogen and oxygen atoms in total. The van der Waals surface area contributed by atoms with Crippen LogP contribution in [0.15, 0.2) is 41.8 Å². The Labute approximate surface area is 117 Å². The summed E-state index contributed by atoms with van der Waals surface area (Å²) in [6, 6.07) is 10.2. The third-order valence-corrected chi connectivity index (χ3v) is 4.70. The van der Waals surface area contributed by atoms with Gasteiger partial charge >= 0.3 is 0 Å². The lowest BCUT2D eigenvalue weighted by Crippen LogP contribution is -2.21. The Morgan fingerprint density at radius 3 is 2.95 bits per heavy atom. The molecule has 0 bridgehead atoms. The first-order valence-corrected chi connectivity index (χ1v) is 7.42. The number of benzene rings is 1. The fraction of sp³-hybridized carbons (Fsp3) is 0.0714. The first kappa shape index (κ1) is 12.3. The Morgan fingerprint density at radius 1 is 1.26 bits per heavy atom. The van der Waals surface area contributed by atoms with Crippen LogP contribution in [0.5, 0.6) is 0 Å². The van der Waals surface area contributed by atoms with Gasteiger partial charge in [0.15, 0.2) is 0 Å². The number of carbonyl (C=O) groups excluding carboxylic acids is 1. The van der Waals surface area contributed by atoms with Crippen molar-refractivity contribution in [2.75, 3.05) is 0 Å². The van der Waals surface area contributed by atoms with E-state index in [1.165, 1.54) is 23.5 Å². The van der Waals surface area contributed by atoms with Gasteiger partial charge in [-0.3, -0.25) is 4.79 Å². The molecule has 0 unspecified atom stereocenters. The predicted molar refractivity (Wildman–Crippen MR) is 77.3 cm³/mol. The number of hydrogen-bond acceptors (Lipinski definition) is 3. The minimum atomic E-state index is -0.282. The number of carbonyl (C=O) groups is 1. The molecular formula is C14H10FNOS2. The van der Waals surface area contributed by atoms with Gasteiger partial charge in [-0.05, 0) is 41.1 Å². The van der Waals surface area contributed by atoms with E-state index < -0.39 is 0 Å². The molecule has 3 rings (SSSR count). The zero-order chi connectivity index (χ0) is 13.2. The molecule has 2 heterocycles. The largest absolute Gasteiger partial charge is 0.346 e. The number of thiophene rings is 2. The second-order valence-corrected chi connectivity index (χ2v) is 6.17. The molecule has 0 saturated heterocycles. The standard InChI is InChI=1S/C14H10FNOS2/c15-10-3-4-12-9(6-10)7-13(19-12)14(17)16-8-11-2-1-5-18-11/h1-7H,8H2,(H,16,17). The van der Waals surface area contributed by atoms with Crippen LogP contribution in [0.1, 0.15) is 14.5 Å². The number of halogens is 1. The van der Waals surface area contributed by atoms with Crippen molar-refractivity contribution in [3.8, 4) is 0 Å². The first-order chi connectivity index (χ1) is 9.22. The summed E-state index contributed by atoms with van der Waals surface area (Å²) in [7, 11) is 0. The number of rotatable bonds is 3. The Morgan fingerprint density at radius 2 is 2.16 bits per heavy atom. The van der Waals surface area contributed by atoms with E-state index >= 15 is 0 Å². The Balaban J connectivity index is 1.77. The van der Waals surface area contributed by atoms with E-state index in [2.05, 4.69) is 5.32 Å². The van der Waals surface area contributed by atoms with Gasteiger partial charge in [-0.15, -0.1) is 22.7 Å². The molecule has 0 atom stereocenters. The maximum Gasteiger partial charge on any atom is 0.261 e. The van der Waals surface area contributed by atoms with Crippen molar-refractivity contribution < 1.29 is 9.18 Å². The van der Waals surface area contributed by atoms with E-state index in [1.54, 1.807) is 23.5 Å². The normalized spacial score (nSPS) is 10.8. The van der Waals surface area contributed by atoms with Gasteiger partial charge < -0.3 is 5.32 Å². The van der Waals surface area contributed by atoms with E-state index in [0.717, 1.165) is 15.0 Å². The van der Waals surface area contributed by atoms with Gasteiger partial charge in [-0.25, -0.2) is 4.39 Å². The summed E-state index contributed by atoms with van der Waals surface area (Å²) >= 11 is 2.98. The molecular weight excluding hydrogens is 281 g/mol. The van der Waals surface area contributed by atoms with Crippen LogP contribution in [0.25, 0.3) is 10.1 Å². The summed E-state index contributed by atoms with van der Waals surface area (Å²) in [4.78, 5) is 13.7. The van der Waals surface area contributed by atoms with Crippen LogP contribution >= 0.6 is 22.7 Å². The maximum absolute atomic E-state index is 13.1. The molecule has 0 fully saturated rings. The molecule has 0 aliphatic heterocycles.